The number of halogens is 1. The monoisotopic (exact) mass is 524 g/mol. The first-order chi connectivity index (χ1) is 17.9. The number of fused-ring (bicyclic) bond motifs is 1. The number of amides is 1. The molecule has 1 aliphatic rings. The number of aromatic nitrogens is 3. The molecule has 1 fully saturated rings. The number of imidazole rings is 1. The van der Waals surface area contributed by atoms with E-state index in [0.29, 0.717) is 34.0 Å². The molecule has 5 rings (SSSR count). The van der Waals surface area contributed by atoms with Gasteiger partial charge in [0.25, 0.3) is 6.01 Å². The number of rotatable bonds is 6. The number of aliphatic hydroxyl groups excluding tert-OH is 2. The highest BCUT2D eigenvalue weighted by atomic mass is 35.5. The van der Waals surface area contributed by atoms with Crippen LogP contribution in [0.1, 0.15) is 6.42 Å². The van der Waals surface area contributed by atoms with Crippen LogP contribution in [0.15, 0.2) is 54.6 Å². The molecule has 37 heavy (non-hydrogen) atoms. The molecule has 4 aromatic rings. The second-order valence-corrected chi connectivity index (χ2v) is 9.01. The van der Waals surface area contributed by atoms with Crippen molar-refractivity contribution in [3.63, 3.8) is 0 Å². The number of anilines is 1. The fourth-order valence-electron chi connectivity index (χ4n) is 4.13. The molecule has 2 aromatic carbocycles. The zero-order valence-corrected chi connectivity index (χ0v) is 20.6. The van der Waals surface area contributed by atoms with Crippen LogP contribution in [0.4, 0.5) is 10.5 Å². The van der Waals surface area contributed by atoms with Gasteiger partial charge in [-0.1, -0.05) is 48.0 Å². The molecule has 0 radical (unpaired) electrons. The average Bonchev–Trinajstić information content (AvgIpc) is 3.29. The SMILES string of the molecule is COC(=O)Nc1ccc(-c2ccc(-c3nc4nc(OC5COC(CO)C(O)C5)[nH]c4cc3Cl)cc2)cc1. The van der Waals surface area contributed by atoms with Gasteiger partial charge < -0.3 is 29.4 Å². The van der Waals surface area contributed by atoms with Crippen LogP contribution in [0.5, 0.6) is 6.01 Å². The lowest BCUT2D eigenvalue weighted by Crippen LogP contribution is -2.45. The molecule has 0 bridgehead atoms. The minimum Gasteiger partial charge on any atom is -0.459 e. The average molecular weight is 525 g/mol. The Morgan fingerprint density at radius 2 is 1.81 bits per heavy atom. The lowest BCUT2D eigenvalue weighted by molar-refractivity contribution is -0.131. The molecule has 1 saturated heterocycles. The number of hydrogen-bond donors (Lipinski definition) is 4. The van der Waals surface area contributed by atoms with Crippen LogP contribution in [0, 0.1) is 0 Å². The van der Waals surface area contributed by atoms with Crippen LogP contribution in [0.2, 0.25) is 5.02 Å². The summed E-state index contributed by atoms with van der Waals surface area (Å²) in [4.78, 5) is 23.5. The number of aliphatic hydroxyl groups is 2. The summed E-state index contributed by atoms with van der Waals surface area (Å²) in [7, 11) is 1.32. The van der Waals surface area contributed by atoms with Crippen LogP contribution < -0.4 is 10.1 Å². The Morgan fingerprint density at radius 1 is 1.14 bits per heavy atom. The highest BCUT2D eigenvalue weighted by molar-refractivity contribution is 6.33. The molecular weight excluding hydrogens is 500 g/mol. The van der Waals surface area contributed by atoms with E-state index in [2.05, 4.69) is 25.0 Å². The Labute approximate surface area is 217 Å². The highest BCUT2D eigenvalue weighted by Gasteiger charge is 2.31. The summed E-state index contributed by atoms with van der Waals surface area (Å²) in [5.41, 5.74) is 5.07. The molecule has 3 unspecified atom stereocenters. The molecule has 4 N–H and O–H groups in total. The van der Waals surface area contributed by atoms with Gasteiger partial charge in [0.1, 0.15) is 12.2 Å². The maximum Gasteiger partial charge on any atom is 0.411 e. The number of H-pyrrole nitrogens is 1. The number of benzene rings is 2. The summed E-state index contributed by atoms with van der Waals surface area (Å²) in [6.45, 7) is -0.0128. The van der Waals surface area contributed by atoms with E-state index in [1.165, 1.54) is 7.11 Å². The molecular formula is C26H25ClN4O6. The summed E-state index contributed by atoms with van der Waals surface area (Å²) in [5.74, 6) is 0. The van der Waals surface area contributed by atoms with Gasteiger partial charge in [-0.3, -0.25) is 5.32 Å². The maximum atomic E-state index is 11.4. The fraction of sp³-hybridized carbons (Fsp3) is 0.269. The lowest BCUT2D eigenvalue weighted by atomic mass is 10.0. The molecule has 1 amide bonds. The predicted octanol–water partition coefficient (Wildman–Crippen LogP) is 4.01. The molecule has 192 valence electrons. The number of nitrogens with one attached hydrogen (secondary N) is 2. The first-order valence-electron chi connectivity index (χ1n) is 11.6. The minimum absolute atomic E-state index is 0.232. The summed E-state index contributed by atoms with van der Waals surface area (Å²) in [6, 6.07) is 17.2. The van der Waals surface area contributed by atoms with Crippen molar-refractivity contribution in [1.82, 2.24) is 15.0 Å². The lowest BCUT2D eigenvalue weighted by Gasteiger charge is -2.31. The van der Waals surface area contributed by atoms with Gasteiger partial charge in [0, 0.05) is 17.7 Å². The normalized spacial score (nSPS) is 19.5. The van der Waals surface area contributed by atoms with Crippen molar-refractivity contribution in [3.8, 4) is 28.4 Å². The molecule has 2 aromatic heterocycles. The van der Waals surface area contributed by atoms with Crippen LogP contribution in [-0.2, 0) is 9.47 Å². The van der Waals surface area contributed by atoms with E-state index in [9.17, 15) is 15.0 Å². The molecule has 0 spiro atoms. The summed E-state index contributed by atoms with van der Waals surface area (Å²) >= 11 is 6.55. The number of aromatic amines is 1. The second kappa shape index (κ2) is 10.7. The number of nitrogens with zero attached hydrogens (tertiary/aromatic N) is 2. The molecule has 0 saturated carbocycles. The van der Waals surface area contributed by atoms with Crippen molar-refractivity contribution in [3.05, 3.63) is 59.6 Å². The zero-order chi connectivity index (χ0) is 25.9. The van der Waals surface area contributed by atoms with Crippen LogP contribution in [0.3, 0.4) is 0 Å². The maximum absolute atomic E-state index is 11.4. The largest absolute Gasteiger partial charge is 0.459 e. The Kier molecular flexibility index (Phi) is 7.24. The van der Waals surface area contributed by atoms with E-state index in [-0.39, 0.29) is 19.2 Å². The quantitative estimate of drug-likeness (QED) is 0.297. The van der Waals surface area contributed by atoms with Gasteiger partial charge in [-0.15, -0.1) is 0 Å². The van der Waals surface area contributed by atoms with Crippen LogP contribution >= 0.6 is 11.6 Å². The van der Waals surface area contributed by atoms with Gasteiger partial charge in [0.05, 0.1) is 42.7 Å². The number of methoxy groups -OCH3 is 1. The van der Waals surface area contributed by atoms with E-state index >= 15 is 0 Å². The molecule has 1 aliphatic heterocycles. The predicted molar refractivity (Wildman–Crippen MR) is 138 cm³/mol. The van der Waals surface area contributed by atoms with E-state index < -0.39 is 24.4 Å². The van der Waals surface area contributed by atoms with Crippen molar-refractivity contribution in [2.24, 2.45) is 0 Å². The van der Waals surface area contributed by atoms with Crippen molar-refractivity contribution < 1.29 is 29.2 Å². The number of hydrogen-bond acceptors (Lipinski definition) is 8. The number of carbonyl (C=O) groups excluding carboxylic acids is 1. The van der Waals surface area contributed by atoms with Gasteiger partial charge >= 0.3 is 6.09 Å². The summed E-state index contributed by atoms with van der Waals surface area (Å²) in [5, 5.41) is 22.3. The second-order valence-electron chi connectivity index (χ2n) is 8.60. The van der Waals surface area contributed by atoms with Gasteiger partial charge in [-0.25, -0.2) is 9.78 Å². The third-order valence-corrected chi connectivity index (χ3v) is 6.39. The van der Waals surface area contributed by atoms with Gasteiger partial charge in [-0.05, 0) is 29.3 Å². The van der Waals surface area contributed by atoms with E-state index in [1.54, 1.807) is 18.2 Å². The number of ether oxygens (including phenoxy) is 3. The Bertz CT molecular complexity index is 1390. The summed E-state index contributed by atoms with van der Waals surface area (Å²) < 4.78 is 15.9. The summed E-state index contributed by atoms with van der Waals surface area (Å²) in [6.07, 6.45) is -2.03. The Morgan fingerprint density at radius 3 is 2.46 bits per heavy atom. The Balaban J connectivity index is 1.31. The standard InChI is InChI=1S/C26H25ClN4O6/c1-35-26(34)28-17-8-6-15(7-9-17)14-2-4-16(5-3-14)23-19(27)11-20-24(30-23)31-25(29-20)37-18-10-21(33)22(12-32)36-13-18/h2-9,11,18,21-22,32-33H,10,12-13H2,1H3,(H,28,34)(H,29,30,31). The van der Waals surface area contributed by atoms with Gasteiger partial charge in [0.15, 0.2) is 5.65 Å². The van der Waals surface area contributed by atoms with E-state index in [0.717, 1.165) is 16.7 Å². The van der Waals surface area contributed by atoms with Crippen molar-refractivity contribution in [1.29, 1.82) is 0 Å². The first kappa shape index (κ1) is 25.0. The third-order valence-electron chi connectivity index (χ3n) is 6.10. The van der Waals surface area contributed by atoms with Gasteiger partial charge in [-0.2, -0.15) is 4.98 Å². The molecule has 3 atom stereocenters. The minimum atomic E-state index is -0.815. The van der Waals surface area contributed by atoms with Crippen molar-refractivity contribution in [2.45, 2.75) is 24.7 Å². The molecule has 3 heterocycles. The fourth-order valence-corrected chi connectivity index (χ4v) is 4.40. The number of pyridine rings is 1. The third kappa shape index (κ3) is 5.52. The topological polar surface area (TPSA) is 139 Å². The van der Waals surface area contributed by atoms with E-state index in [4.69, 9.17) is 21.1 Å². The van der Waals surface area contributed by atoms with Crippen molar-refractivity contribution >= 4 is 34.5 Å². The van der Waals surface area contributed by atoms with Crippen molar-refractivity contribution in [2.75, 3.05) is 25.6 Å². The highest BCUT2D eigenvalue weighted by Crippen LogP contribution is 2.32. The van der Waals surface area contributed by atoms with Crippen LogP contribution in [0.25, 0.3) is 33.5 Å². The van der Waals surface area contributed by atoms with Crippen LogP contribution in [-0.4, -0.2) is 69.9 Å². The zero-order valence-electron chi connectivity index (χ0n) is 19.8. The molecule has 11 heteroatoms. The number of carbonyl (C=O) groups is 1. The molecule has 0 aliphatic carbocycles. The molecule has 10 nitrogen and oxygen atoms in total. The Hall–Kier alpha value is -3.70. The van der Waals surface area contributed by atoms with E-state index in [1.807, 2.05) is 36.4 Å². The smallest absolute Gasteiger partial charge is 0.411 e. The van der Waals surface area contributed by atoms with Gasteiger partial charge in [0.2, 0.25) is 0 Å². The first-order valence-corrected chi connectivity index (χ1v) is 12.0.